The lowest BCUT2D eigenvalue weighted by atomic mass is 10.2. The highest BCUT2D eigenvalue weighted by atomic mass is 19.1. The van der Waals surface area contributed by atoms with Crippen LogP contribution in [0.2, 0.25) is 0 Å². The molecule has 4 rings (SSSR count). The summed E-state index contributed by atoms with van der Waals surface area (Å²) in [5.74, 6) is 0.468. The molecule has 8 heteroatoms. The van der Waals surface area contributed by atoms with Gasteiger partial charge in [0.25, 0.3) is 0 Å². The molecule has 3 heterocycles. The van der Waals surface area contributed by atoms with Crippen LogP contribution in [-0.4, -0.2) is 50.2 Å². The Kier molecular flexibility index (Phi) is 4.49. The second-order valence-electron chi connectivity index (χ2n) is 6.19. The van der Waals surface area contributed by atoms with E-state index >= 15 is 0 Å². The van der Waals surface area contributed by atoms with E-state index in [9.17, 15) is 9.50 Å². The van der Waals surface area contributed by atoms with Crippen LogP contribution in [0.4, 0.5) is 10.3 Å². The van der Waals surface area contributed by atoms with E-state index < -0.39 is 18.0 Å². The van der Waals surface area contributed by atoms with Crippen molar-refractivity contribution >= 4 is 5.95 Å². The molecule has 26 heavy (non-hydrogen) atoms. The molecule has 1 fully saturated rings. The van der Waals surface area contributed by atoms with Gasteiger partial charge in [0.15, 0.2) is 11.6 Å². The summed E-state index contributed by atoms with van der Waals surface area (Å²) in [4.78, 5) is 9.65. The molecular formula is C18H18FN5O2. The van der Waals surface area contributed by atoms with Crippen molar-refractivity contribution in [3.05, 3.63) is 66.5 Å². The molecule has 7 nitrogen and oxygen atoms in total. The van der Waals surface area contributed by atoms with Gasteiger partial charge in [-0.1, -0.05) is 30.3 Å². The molecule has 2 aromatic heterocycles. The SMILES string of the molecule is O[C@@H]1CN(c2ncc(F)cn2)C[C@H]1Oc1cnn(Cc2ccccc2)c1. The van der Waals surface area contributed by atoms with Crippen LogP contribution in [0.1, 0.15) is 5.56 Å². The average Bonchev–Trinajstić information content (AvgIpc) is 3.24. The van der Waals surface area contributed by atoms with Crippen LogP contribution in [0.15, 0.2) is 55.1 Å². The van der Waals surface area contributed by atoms with Gasteiger partial charge in [-0.05, 0) is 5.56 Å². The Morgan fingerprint density at radius 2 is 1.88 bits per heavy atom. The Labute approximate surface area is 149 Å². The van der Waals surface area contributed by atoms with Crippen LogP contribution in [0.3, 0.4) is 0 Å². The number of hydrogen-bond donors (Lipinski definition) is 1. The van der Waals surface area contributed by atoms with Gasteiger partial charge in [0, 0.05) is 0 Å². The minimum atomic E-state index is -0.693. The van der Waals surface area contributed by atoms with Crippen molar-refractivity contribution in [3.63, 3.8) is 0 Å². The molecule has 0 amide bonds. The van der Waals surface area contributed by atoms with Gasteiger partial charge in [-0.2, -0.15) is 5.10 Å². The summed E-state index contributed by atoms with van der Waals surface area (Å²) < 4.78 is 20.6. The van der Waals surface area contributed by atoms with E-state index in [2.05, 4.69) is 15.1 Å². The van der Waals surface area contributed by atoms with Crippen molar-refractivity contribution in [2.75, 3.05) is 18.0 Å². The number of aliphatic hydroxyl groups excluding tert-OH is 1. The van der Waals surface area contributed by atoms with Crippen LogP contribution >= 0.6 is 0 Å². The summed E-state index contributed by atoms with van der Waals surface area (Å²) in [5, 5.41) is 14.6. The first-order valence-electron chi connectivity index (χ1n) is 8.31. The first-order valence-corrected chi connectivity index (χ1v) is 8.31. The normalized spacial score (nSPS) is 19.7. The van der Waals surface area contributed by atoms with Gasteiger partial charge in [-0.25, -0.2) is 14.4 Å². The van der Waals surface area contributed by atoms with Crippen molar-refractivity contribution in [1.29, 1.82) is 0 Å². The second kappa shape index (κ2) is 7.09. The molecule has 1 N–H and O–H groups in total. The summed E-state index contributed by atoms with van der Waals surface area (Å²) >= 11 is 0. The zero-order valence-electron chi connectivity index (χ0n) is 13.9. The van der Waals surface area contributed by atoms with Crippen molar-refractivity contribution < 1.29 is 14.2 Å². The first kappa shape index (κ1) is 16.5. The van der Waals surface area contributed by atoms with E-state index in [1.165, 1.54) is 0 Å². The predicted molar refractivity (Wildman–Crippen MR) is 92.4 cm³/mol. The van der Waals surface area contributed by atoms with E-state index in [4.69, 9.17) is 4.74 Å². The fourth-order valence-corrected chi connectivity index (χ4v) is 2.94. The maximum Gasteiger partial charge on any atom is 0.225 e. The zero-order valence-corrected chi connectivity index (χ0v) is 13.9. The van der Waals surface area contributed by atoms with Crippen LogP contribution in [-0.2, 0) is 6.54 Å². The molecule has 0 aliphatic carbocycles. The van der Waals surface area contributed by atoms with Gasteiger partial charge in [0.05, 0.1) is 44.4 Å². The van der Waals surface area contributed by atoms with Crippen molar-refractivity contribution in [2.24, 2.45) is 0 Å². The van der Waals surface area contributed by atoms with Gasteiger partial charge >= 0.3 is 0 Å². The molecule has 1 aromatic carbocycles. The lowest BCUT2D eigenvalue weighted by Crippen LogP contribution is -2.29. The number of hydrogen-bond acceptors (Lipinski definition) is 6. The maximum absolute atomic E-state index is 12.9. The number of ether oxygens (including phenoxy) is 1. The summed E-state index contributed by atoms with van der Waals surface area (Å²) in [6, 6.07) is 10.0. The molecule has 1 aliphatic heterocycles. The van der Waals surface area contributed by atoms with E-state index in [1.54, 1.807) is 22.0 Å². The fraction of sp³-hybridized carbons (Fsp3) is 0.278. The number of rotatable bonds is 5. The third-order valence-corrected chi connectivity index (χ3v) is 4.21. The van der Waals surface area contributed by atoms with E-state index in [0.717, 1.165) is 18.0 Å². The number of aliphatic hydroxyl groups is 1. The van der Waals surface area contributed by atoms with Gasteiger partial charge in [0.1, 0.15) is 12.2 Å². The molecule has 1 saturated heterocycles. The minimum absolute atomic E-state index is 0.328. The van der Waals surface area contributed by atoms with Crippen LogP contribution in [0, 0.1) is 5.82 Å². The predicted octanol–water partition coefficient (Wildman–Crippen LogP) is 1.49. The molecule has 3 aromatic rings. The van der Waals surface area contributed by atoms with Crippen molar-refractivity contribution in [2.45, 2.75) is 18.8 Å². The third kappa shape index (κ3) is 3.65. The quantitative estimate of drug-likeness (QED) is 0.747. The van der Waals surface area contributed by atoms with Crippen LogP contribution in [0.5, 0.6) is 5.75 Å². The molecular weight excluding hydrogens is 337 g/mol. The van der Waals surface area contributed by atoms with Gasteiger partial charge in [-0.15, -0.1) is 0 Å². The Balaban J connectivity index is 1.39. The summed E-state index contributed by atoms with van der Waals surface area (Å²) in [5.41, 5.74) is 1.14. The van der Waals surface area contributed by atoms with E-state index in [-0.39, 0.29) is 0 Å². The minimum Gasteiger partial charge on any atom is -0.482 e. The van der Waals surface area contributed by atoms with E-state index in [0.29, 0.717) is 31.3 Å². The lowest BCUT2D eigenvalue weighted by Gasteiger charge is -2.15. The fourth-order valence-electron chi connectivity index (χ4n) is 2.94. The molecule has 0 saturated carbocycles. The molecule has 0 spiro atoms. The maximum atomic E-state index is 12.9. The number of anilines is 1. The lowest BCUT2D eigenvalue weighted by molar-refractivity contribution is 0.0737. The van der Waals surface area contributed by atoms with Gasteiger partial charge in [-0.3, -0.25) is 4.68 Å². The average molecular weight is 355 g/mol. The Morgan fingerprint density at radius 3 is 2.65 bits per heavy atom. The molecule has 1 aliphatic rings. The molecule has 0 radical (unpaired) electrons. The molecule has 0 bridgehead atoms. The standard InChI is InChI=1S/C18H18FN5O2/c19-14-6-20-18(21-7-14)23-11-16(25)17(12-23)26-15-8-22-24(10-15)9-13-4-2-1-3-5-13/h1-8,10,16-17,25H,9,11-12H2/t16-,17-/m1/s1. The monoisotopic (exact) mass is 355 g/mol. The summed E-state index contributed by atoms with van der Waals surface area (Å²) in [6.07, 6.45) is 4.52. The van der Waals surface area contributed by atoms with Gasteiger partial charge < -0.3 is 14.7 Å². The highest BCUT2D eigenvalue weighted by molar-refractivity contribution is 5.32. The Hall–Kier alpha value is -3.00. The second-order valence-corrected chi connectivity index (χ2v) is 6.19. The largest absolute Gasteiger partial charge is 0.482 e. The summed E-state index contributed by atoms with van der Waals surface area (Å²) in [6.45, 7) is 1.39. The molecule has 0 unspecified atom stereocenters. The highest BCUT2D eigenvalue weighted by Gasteiger charge is 2.34. The van der Waals surface area contributed by atoms with Crippen molar-refractivity contribution in [1.82, 2.24) is 19.7 Å². The van der Waals surface area contributed by atoms with Crippen LogP contribution < -0.4 is 9.64 Å². The van der Waals surface area contributed by atoms with E-state index in [1.807, 2.05) is 30.3 Å². The molecule has 2 atom stereocenters. The number of aromatic nitrogens is 4. The topological polar surface area (TPSA) is 76.3 Å². The van der Waals surface area contributed by atoms with Crippen LogP contribution in [0.25, 0.3) is 0 Å². The smallest absolute Gasteiger partial charge is 0.225 e. The van der Waals surface area contributed by atoms with Gasteiger partial charge in [0.2, 0.25) is 5.95 Å². The Morgan fingerprint density at radius 1 is 1.12 bits per heavy atom. The first-order chi connectivity index (χ1) is 12.7. The molecule has 134 valence electrons. The third-order valence-electron chi connectivity index (χ3n) is 4.21. The number of halogens is 1. The van der Waals surface area contributed by atoms with Crippen molar-refractivity contribution in [3.8, 4) is 5.75 Å². The number of nitrogens with zero attached hydrogens (tertiary/aromatic N) is 5. The number of benzene rings is 1. The zero-order chi connectivity index (χ0) is 17.9. The Bertz CT molecular complexity index is 856. The highest BCUT2D eigenvalue weighted by Crippen LogP contribution is 2.21. The number of β-amino-alcohol motifs (C(OH)–C–C–N with tert-alkyl or cyclic N) is 1. The summed E-state index contributed by atoms with van der Waals surface area (Å²) in [7, 11) is 0.